The summed E-state index contributed by atoms with van der Waals surface area (Å²) >= 11 is 0. The first kappa shape index (κ1) is 14.4. The van der Waals surface area contributed by atoms with Crippen molar-refractivity contribution in [2.24, 2.45) is 0 Å². The fourth-order valence-corrected chi connectivity index (χ4v) is 2.23. The second kappa shape index (κ2) is 5.71. The van der Waals surface area contributed by atoms with Crippen molar-refractivity contribution >= 4 is 16.9 Å². The van der Waals surface area contributed by atoms with Crippen LogP contribution in [0.25, 0.3) is 16.7 Å². The molecule has 0 spiro atoms. The number of anilines is 1. The summed E-state index contributed by atoms with van der Waals surface area (Å²) < 4.78 is 14.8. The monoisotopic (exact) mass is 299 g/mol. The van der Waals surface area contributed by atoms with Crippen LogP contribution in [-0.4, -0.2) is 25.8 Å². The molecule has 2 heterocycles. The van der Waals surface area contributed by atoms with Gasteiger partial charge in [0, 0.05) is 6.04 Å². The van der Waals surface area contributed by atoms with Crippen molar-refractivity contribution in [2.45, 2.75) is 33.2 Å². The number of benzene rings is 1. The number of halogens is 1. The summed E-state index contributed by atoms with van der Waals surface area (Å²) in [6.45, 7) is 6.07. The molecule has 0 aliphatic heterocycles. The van der Waals surface area contributed by atoms with Crippen molar-refractivity contribution in [2.75, 3.05) is 5.32 Å². The van der Waals surface area contributed by atoms with E-state index in [4.69, 9.17) is 0 Å². The molecular weight excluding hydrogens is 281 g/mol. The van der Waals surface area contributed by atoms with Gasteiger partial charge in [0.15, 0.2) is 5.65 Å². The van der Waals surface area contributed by atoms with E-state index in [1.54, 1.807) is 23.0 Å². The Morgan fingerprint density at radius 3 is 2.64 bits per heavy atom. The topological polar surface area (TPSA) is 55.6 Å². The lowest BCUT2D eigenvalue weighted by Crippen LogP contribution is -2.15. The molecule has 5 nitrogen and oxygen atoms in total. The number of nitrogens with one attached hydrogen (secondary N) is 1. The first-order valence-electron chi connectivity index (χ1n) is 7.33. The maximum Gasteiger partial charge on any atom is 0.168 e. The van der Waals surface area contributed by atoms with Crippen LogP contribution in [0.5, 0.6) is 0 Å². The number of nitrogens with zero attached hydrogens (tertiary/aromatic N) is 4. The molecule has 1 aromatic carbocycles. The number of aryl methyl sites for hydroxylation is 1. The highest BCUT2D eigenvalue weighted by Crippen LogP contribution is 2.23. The molecule has 1 atom stereocenters. The Hall–Kier alpha value is -2.50. The average Bonchev–Trinajstić information content (AvgIpc) is 2.91. The Morgan fingerprint density at radius 1 is 1.23 bits per heavy atom. The van der Waals surface area contributed by atoms with Crippen LogP contribution in [0.2, 0.25) is 0 Å². The summed E-state index contributed by atoms with van der Waals surface area (Å²) in [6, 6.07) is 6.50. The third-order valence-electron chi connectivity index (χ3n) is 3.61. The van der Waals surface area contributed by atoms with Gasteiger partial charge in [0.1, 0.15) is 17.5 Å². The van der Waals surface area contributed by atoms with E-state index in [1.165, 1.54) is 12.1 Å². The predicted octanol–water partition coefficient (Wildman–Crippen LogP) is 3.47. The third kappa shape index (κ3) is 2.64. The maximum absolute atomic E-state index is 13.1. The van der Waals surface area contributed by atoms with Crippen LogP contribution in [0.1, 0.15) is 26.1 Å². The fourth-order valence-electron chi connectivity index (χ4n) is 2.23. The molecule has 0 radical (unpaired) electrons. The molecule has 0 amide bonds. The molecule has 0 bridgehead atoms. The molecule has 0 fully saturated rings. The summed E-state index contributed by atoms with van der Waals surface area (Å²) in [5.41, 5.74) is 1.48. The van der Waals surface area contributed by atoms with E-state index < -0.39 is 0 Å². The molecule has 114 valence electrons. The van der Waals surface area contributed by atoms with Gasteiger partial charge in [-0.15, -0.1) is 0 Å². The second-order valence-electron chi connectivity index (χ2n) is 5.34. The lowest BCUT2D eigenvalue weighted by molar-refractivity contribution is 0.627. The Morgan fingerprint density at radius 2 is 1.95 bits per heavy atom. The van der Waals surface area contributed by atoms with Gasteiger partial charge in [-0.25, -0.2) is 19.0 Å². The number of hydrogen-bond donors (Lipinski definition) is 1. The van der Waals surface area contributed by atoms with E-state index in [0.717, 1.165) is 23.3 Å². The maximum atomic E-state index is 13.1. The van der Waals surface area contributed by atoms with Crippen LogP contribution in [0.4, 0.5) is 10.2 Å². The van der Waals surface area contributed by atoms with Gasteiger partial charge in [0.05, 0.1) is 17.3 Å². The third-order valence-corrected chi connectivity index (χ3v) is 3.61. The van der Waals surface area contributed by atoms with Crippen LogP contribution in [-0.2, 0) is 0 Å². The van der Waals surface area contributed by atoms with E-state index in [2.05, 4.69) is 34.2 Å². The van der Waals surface area contributed by atoms with Crippen molar-refractivity contribution in [3.05, 3.63) is 42.1 Å². The summed E-state index contributed by atoms with van der Waals surface area (Å²) in [7, 11) is 0. The molecule has 6 heteroatoms. The number of hydrogen-bond acceptors (Lipinski definition) is 4. The zero-order valence-corrected chi connectivity index (χ0v) is 12.8. The summed E-state index contributed by atoms with van der Waals surface area (Å²) in [5, 5.41) is 8.62. The van der Waals surface area contributed by atoms with E-state index in [0.29, 0.717) is 17.5 Å². The lowest BCUT2D eigenvalue weighted by atomic mass is 10.2. The van der Waals surface area contributed by atoms with Crippen LogP contribution in [0.15, 0.2) is 30.5 Å². The van der Waals surface area contributed by atoms with Crippen molar-refractivity contribution in [3.8, 4) is 5.69 Å². The van der Waals surface area contributed by atoms with Gasteiger partial charge in [-0.3, -0.25) is 0 Å². The summed E-state index contributed by atoms with van der Waals surface area (Å²) in [6.07, 6.45) is 2.74. The van der Waals surface area contributed by atoms with E-state index >= 15 is 0 Å². The molecule has 3 rings (SSSR count). The Bertz CT molecular complexity index is 794. The number of aromatic nitrogens is 4. The summed E-state index contributed by atoms with van der Waals surface area (Å²) in [5.74, 6) is 1.18. The van der Waals surface area contributed by atoms with E-state index in [1.807, 2.05) is 6.92 Å². The van der Waals surface area contributed by atoms with Crippen LogP contribution in [0, 0.1) is 12.7 Å². The normalized spacial score (nSPS) is 12.5. The zero-order chi connectivity index (χ0) is 15.7. The largest absolute Gasteiger partial charge is 0.367 e. The Kier molecular flexibility index (Phi) is 3.75. The van der Waals surface area contributed by atoms with Gasteiger partial charge in [-0.1, -0.05) is 6.92 Å². The SMILES string of the molecule is CCC(C)Nc1nc(C)nc2c1cnn2-c1ccc(F)cc1. The molecule has 1 unspecified atom stereocenters. The molecule has 2 aromatic heterocycles. The van der Waals surface area contributed by atoms with Gasteiger partial charge >= 0.3 is 0 Å². The molecule has 22 heavy (non-hydrogen) atoms. The van der Waals surface area contributed by atoms with Crippen LogP contribution >= 0.6 is 0 Å². The minimum Gasteiger partial charge on any atom is -0.367 e. The minimum absolute atomic E-state index is 0.273. The fraction of sp³-hybridized carbons (Fsp3) is 0.312. The molecule has 1 N–H and O–H groups in total. The van der Waals surface area contributed by atoms with Gasteiger partial charge in [0.25, 0.3) is 0 Å². The van der Waals surface area contributed by atoms with E-state index in [-0.39, 0.29) is 5.82 Å². The standard InChI is InChI=1S/C16H18FN5/c1-4-10(2)19-15-14-9-18-22(16(14)21-11(3)20-15)13-7-5-12(17)6-8-13/h5-10H,4H2,1-3H3,(H,19,20,21). The highest BCUT2D eigenvalue weighted by Gasteiger charge is 2.13. The van der Waals surface area contributed by atoms with Gasteiger partial charge in [-0.05, 0) is 44.5 Å². The zero-order valence-electron chi connectivity index (χ0n) is 12.8. The molecule has 0 aliphatic rings. The van der Waals surface area contributed by atoms with Crippen molar-refractivity contribution in [3.63, 3.8) is 0 Å². The van der Waals surface area contributed by atoms with Gasteiger partial charge in [0.2, 0.25) is 0 Å². The quantitative estimate of drug-likeness (QED) is 0.801. The highest BCUT2D eigenvalue weighted by atomic mass is 19.1. The van der Waals surface area contributed by atoms with Crippen molar-refractivity contribution in [1.29, 1.82) is 0 Å². The Balaban J connectivity index is 2.12. The first-order valence-corrected chi connectivity index (χ1v) is 7.33. The second-order valence-corrected chi connectivity index (χ2v) is 5.34. The smallest absolute Gasteiger partial charge is 0.168 e. The van der Waals surface area contributed by atoms with Gasteiger partial charge in [-0.2, -0.15) is 5.10 Å². The Labute approximate surface area is 128 Å². The molecule has 0 saturated heterocycles. The lowest BCUT2D eigenvalue weighted by Gasteiger charge is -2.13. The molecule has 0 aliphatic carbocycles. The molecular formula is C16H18FN5. The summed E-state index contributed by atoms with van der Waals surface area (Å²) in [4.78, 5) is 8.96. The van der Waals surface area contributed by atoms with Crippen molar-refractivity contribution in [1.82, 2.24) is 19.7 Å². The van der Waals surface area contributed by atoms with Crippen LogP contribution in [0.3, 0.4) is 0 Å². The number of rotatable bonds is 4. The van der Waals surface area contributed by atoms with Crippen LogP contribution < -0.4 is 5.32 Å². The minimum atomic E-state index is -0.273. The number of fused-ring (bicyclic) bond motifs is 1. The average molecular weight is 299 g/mol. The first-order chi connectivity index (χ1) is 10.6. The predicted molar refractivity (Wildman–Crippen MR) is 84.7 cm³/mol. The van der Waals surface area contributed by atoms with Crippen molar-refractivity contribution < 1.29 is 4.39 Å². The molecule has 3 aromatic rings. The molecule has 0 saturated carbocycles. The highest BCUT2D eigenvalue weighted by molar-refractivity contribution is 5.87. The van der Waals surface area contributed by atoms with E-state index in [9.17, 15) is 4.39 Å². The van der Waals surface area contributed by atoms with Gasteiger partial charge < -0.3 is 5.32 Å².